The number of aryl methyl sites for hydroxylation is 1. The molecule has 1 saturated heterocycles. The number of sulfone groups is 1. The summed E-state index contributed by atoms with van der Waals surface area (Å²) in [5.41, 5.74) is 2.99. The molecule has 2 heterocycles. The molecule has 1 aliphatic rings. The number of hydrogen-bond donors (Lipinski definition) is 3. The predicted octanol–water partition coefficient (Wildman–Crippen LogP) is 3.53. The Morgan fingerprint density at radius 2 is 1.72 bits per heavy atom. The quantitative estimate of drug-likeness (QED) is 0.379. The molecular formula is C26H31N5O4S. The number of hydrogen-bond acceptors (Lipinski definition) is 8. The fourth-order valence-corrected chi connectivity index (χ4v) is 5.44. The molecule has 1 fully saturated rings. The maximum atomic E-state index is 12.6. The Hall–Kier alpha value is -3.34. The van der Waals surface area contributed by atoms with E-state index < -0.39 is 9.84 Å². The van der Waals surface area contributed by atoms with Gasteiger partial charge in [0.15, 0.2) is 9.84 Å². The number of anilines is 3. The van der Waals surface area contributed by atoms with Crippen molar-refractivity contribution in [2.24, 2.45) is 0 Å². The number of likely N-dealkylation sites (tertiary alicyclic amines) is 1. The summed E-state index contributed by atoms with van der Waals surface area (Å²) >= 11 is 0. The van der Waals surface area contributed by atoms with E-state index in [0.29, 0.717) is 39.8 Å². The van der Waals surface area contributed by atoms with Crippen LogP contribution in [0.1, 0.15) is 40.7 Å². The topological polar surface area (TPSA) is 125 Å². The van der Waals surface area contributed by atoms with Gasteiger partial charge in [-0.25, -0.2) is 18.4 Å². The number of benzene rings is 2. The van der Waals surface area contributed by atoms with E-state index in [2.05, 4.69) is 25.5 Å². The number of nitrogens with one attached hydrogen (secondary N) is 2. The first kappa shape index (κ1) is 25.7. The highest BCUT2D eigenvalue weighted by Gasteiger charge is 2.17. The molecule has 0 radical (unpaired) electrons. The third kappa shape index (κ3) is 6.66. The molecule has 3 N–H and O–H groups in total. The van der Waals surface area contributed by atoms with Gasteiger partial charge in [0, 0.05) is 11.3 Å². The predicted molar refractivity (Wildman–Crippen MR) is 139 cm³/mol. The van der Waals surface area contributed by atoms with E-state index in [-0.39, 0.29) is 18.3 Å². The Morgan fingerprint density at radius 3 is 2.39 bits per heavy atom. The Bertz CT molecular complexity index is 1290. The largest absolute Gasteiger partial charge is 0.392 e. The molecular weight excluding hydrogens is 478 g/mol. The van der Waals surface area contributed by atoms with Gasteiger partial charge in [-0.1, -0.05) is 12.1 Å². The van der Waals surface area contributed by atoms with Crippen molar-refractivity contribution in [2.45, 2.75) is 37.7 Å². The lowest BCUT2D eigenvalue weighted by atomic mass is 10.0. The van der Waals surface area contributed by atoms with Gasteiger partial charge in [-0.15, -0.1) is 0 Å². The summed E-state index contributed by atoms with van der Waals surface area (Å²) in [6, 6.07) is 11.8. The van der Waals surface area contributed by atoms with Crippen LogP contribution < -0.4 is 10.6 Å². The molecule has 2 aromatic carbocycles. The summed E-state index contributed by atoms with van der Waals surface area (Å²) in [7, 11) is -3.33. The van der Waals surface area contributed by atoms with Crippen molar-refractivity contribution in [3.05, 3.63) is 71.5 Å². The Balaban J connectivity index is 1.32. The van der Waals surface area contributed by atoms with Gasteiger partial charge in [-0.05, 0) is 87.3 Å². The van der Waals surface area contributed by atoms with Crippen molar-refractivity contribution in [2.75, 3.05) is 36.0 Å². The zero-order valence-corrected chi connectivity index (χ0v) is 21.1. The minimum absolute atomic E-state index is 0.135. The molecule has 190 valence electrons. The van der Waals surface area contributed by atoms with Crippen LogP contribution in [-0.2, 0) is 16.4 Å². The SMILES string of the molecule is Cc1ccc(CO)cc1C(=O)Nc1cnc(Nc2ccc(S(=O)(=O)CCCN3CCCC3)cc2)nc1. The molecule has 0 atom stereocenters. The summed E-state index contributed by atoms with van der Waals surface area (Å²) in [6.07, 6.45) is 5.99. The lowest BCUT2D eigenvalue weighted by Crippen LogP contribution is -2.22. The second kappa shape index (κ2) is 11.6. The van der Waals surface area contributed by atoms with Gasteiger partial charge in [0.1, 0.15) is 0 Å². The molecule has 9 nitrogen and oxygen atoms in total. The zero-order chi connectivity index (χ0) is 25.5. The summed E-state index contributed by atoms with van der Waals surface area (Å²) in [5.74, 6) is 0.133. The van der Waals surface area contributed by atoms with Crippen LogP contribution in [0.4, 0.5) is 17.3 Å². The smallest absolute Gasteiger partial charge is 0.256 e. The highest BCUT2D eigenvalue weighted by atomic mass is 32.2. The second-order valence-electron chi connectivity index (χ2n) is 8.93. The number of nitrogens with zero attached hydrogens (tertiary/aromatic N) is 3. The molecule has 0 spiro atoms. The Kier molecular flexibility index (Phi) is 8.29. The van der Waals surface area contributed by atoms with Crippen LogP contribution in [0.3, 0.4) is 0 Å². The van der Waals surface area contributed by atoms with Gasteiger partial charge in [0.25, 0.3) is 5.91 Å². The lowest BCUT2D eigenvalue weighted by Gasteiger charge is -2.14. The first-order chi connectivity index (χ1) is 17.3. The number of aliphatic hydroxyl groups excluding tert-OH is 1. The van der Waals surface area contributed by atoms with Crippen LogP contribution in [0.2, 0.25) is 0 Å². The molecule has 1 aromatic heterocycles. The number of aromatic nitrogens is 2. The summed E-state index contributed by atoms with van der Waals surface area (Å²) < 4.78 is 25.3. The van der Waals surface area contributed by atoms with Crippen molar-refractivity contribution in [1.29, 1.82) is 0 Å². The first-order valence-corrected chi connectivity index (χ1v) is 13.7. The summed E-state index contributed by atoms with van der Waals surface area (Å²) in [6.45, 7) is 4.63. The molecule has 1 aliphatic heterocycles. The van der Waals surface area contributed by atoms with Crippen LogP contribution in [0.15, 0.2) is 59.8 Å². The van der Waals surface area contributed by atoms with Gasteiger partial charge in [-0.2, -0.15) is 0 Å². The van der Waals surface area contributed by atoms with Gasteiger partial charge in [-0.3, -0.25) is 4.79 Å². The zero-order valence-electron chi connectivity index (χ0n) is 20.3. The second-order valence-corrected chi connectivity index (χ2v) is 11.0. The molecule has 36 heavy (non-hydrogen) atoms. The minimum atomic E-state index is -3.33. The minimum Gasteiger partial charge on any atom is -0.392 e. The average molecular weight is 510 g/mol. The number of aliphatic hydroxyl groups is 1. The highest BCUT2D eigenvalue weighted by Crippen LogP contribution is 2.20. The Morgan fingerprint density at radius 1 is 1.03 bits per heavy atom. The van der Waals surface area contributed by atoms with E-state index in [9.17, 15) is 18.3 Å². The molecule has 0 saturated carbocycles. The monoisotopic (exact) mass is 509 g/mol. The normalized spacial score (nSPS) is 14.1. The van der Waals surface area contributed by atoms with Crippen LogP contribution in [-0.4, -0.2) is 59.7 Å². The molecule has 1 amide bonds. The summed E-state index contributed by atoms with van der Waals surface area (Å²) in [4.78, 5) is 23.7. The lowest BCUT2D eigenvalue weighted by molar-refractivity contribution is 0.102. The molecule has 3 aromatic rings. The maximum absolute atomic E-state index is 12.6. The van der Waals surface area contributed by atoms with Crippen molar-refractivity contribution in [3.63, 3.8) is 0 Å². The molecule has 0 aliphatic carbocycles. The summed E-state index contributed by atoms with van der Waals surface area (Å²) in [5, 5.41) is 15.1. The van der Waals surface area contributed by atoms with E-state index in [1.165, 1.54) is 25.2 Å². The van der Waals surface area contributed by atoms with Crippen LogP contribution >= 0.6 is 0 Å². The fourth-order valence-electron chi connectivity index (χ4n) is 4.14. The van der Waals surface area contributed by atoms with Crippen LogP contribution in [0.25, 0.3) is 0 Å². The van der Waals surface area contributed by atoms with Crippen LogP contribution in [0, 0.1) is 6.92 Å². The van der Waals surface area contributed by atoms with E-state index in [1.807, 2.05) is 6.92 Å². The molecule has 4 rings (SSSR count). The fraction of sp³-hybridized carbons (Fsp3) is 0.346. The molecule has 10 heteroatoms. The number of amides is 1. The third-order valence-electron chi connectivity index (χ3n) is 6.19. The van der Waals surface area contributed by atoms with E-state index in [0.717, 1.165) is 25.2 Å². The average Bonchev–Trinajstić information content (AvgIpc) is 3.39. The first-order valence-electron chi connectivity index (χ1n) is 12.0. The van der Waals surface area contributed by atoms with E-state index in [1.54, 1.807) is 42.5 Å². The molecule has 0 bridgehead atoms. The van der Waals surface area contributed by atoms with Crippen molar-refractivity contribution in [1.82, 2.24) is 14.9 Å². The van der Waals surface area contributed by atoms with Gasteiger partial charge in [0.05, 0.1) is 35.3 Å². The van der Waals surface area contributed by atoms with E-state index in [4.69, 9.17) is 0 Å². The van der Waals surface area contributed by atoms with Gasteiger partial charge < -0.3 is 20.6 Å². The number of rotatable bonds is 10. The van der Waals surface area contributed by atoms with Crippen molar-refractivity contribution < 1.29 is 18.3 Å². The van der Waals surface area contributed by atoms with Crippen molar-refractivity contribution >= 4 is 33.1 Å². The van der Waals surface area contributed by atoms with Crippen LogP contribution in [0.5, 0.6) is 0 Å². The van der Waals surface area contributed by atoms with E-state index >= 15 is 0 Å². The highest BCUT2D eigenvalue weighted by molar-refractivity contribution is 7.91. The Labute approximate surface area is 211 Å². The molecule has 0 unspecified atom stereocenters. The number of carbonyl (C=O) groups is 1. The van der Waals surface area contributed by atoms with Gasteiger partial charge in [0.2, 0.25) is 5.95 Å². The number of carbonyl (C=O) groups excluding carboxylic acids is 1. The van der Waals surface area contributed by atoms with Gasteiger partial charge >= 0.3 is 0 Å². The third-order valence-corrected chi connectivity index (χ3v) is 8.01. The van der Waals surface area contributed by atoms with Crippen molar-refractivity contribution in [3.8, 4) is 0 Å². The standard InChI is InChI=1S/C26H31N5O4S/c1-19-5-6-20(18-32)15-24(19)25(33)29-22-16-27-26(28-17-22)30-21-7-9-23(10-8-21)36(34,35)14-4-13-31-11-2-3-12-31/h5-10,15-17,32H,2-4,11-14,18H2,1H3,(H,29,33)(H,27,28,30). The maximum Gasteiger partial charge on any atom is 0.256 e.